The first-order valence-corrected chi connectivity index (χ1v) is 6.00. The van der Waals surface area contributed by atoms with Crippen molar-refractivity contribution in [1.29, 1.82) is 0 Å². The molecule has 3 aromatic rings. The van der Waals surface area contributed by atoms with E-state index in [-0.39, 0.29) is 18.0 Å². The summed E-state index contributed by atoms with van der Waals surface area (Å²) in [6.45, 7) is 0. The highest BCUT2D eigenvalue weighted by molar-refractivity contribution is 5.53. The zero-order valence-electron chi connectivity index (χ0n) is 11.3. The van der Waals surface area contributed by atoms with Gasteiger partial charge in [-0.3, -0.25) is 0 Å². The summed E-state index contributed by atoms with van der Waals surface area (Å²) < 4.78 is 9.96. The smallest absolute Gasteiger partial charge is 0.324 e. The summed E-state index contributed by atoms with van der Waals surface area (Å²) in [4.78, 5) is 13.2. The van der Waals surface area contributed by atoms with Crippen molar-refractivity contribution in [3.05, 3.63) is 30.3 Å². The Balaban J connectivity index is 2.00. The molecule has 0 N–H and O–H groups in total. The highest BCUT2D eigenvalue weighted by Gasteiger charge is 2.13. The second kappa shape index (κ2) is 5.49. The number of tetrazole rings is 1. The van der Waals surface area contributed by atoms with Crippen LogP contribution in [-0.4, -0.2) is 49.4 Å². The number of hydrogen-bond acceptors (Lipinski definition) is 8. The van der Waals surface area contributed by atoms with Gasteiger partial charge in [0.1, 0.15) is 0 Å². The maximum Gasteiger partial charge on any atom is 0.324 e. The summed E-state index contributed by atoms with van der Waals surface area (Å²) in [5.41, 5.74) is 0.844. The lowest BCUT2D eigenvalue weighted by Gasteiger charge is -2.02. The van der Waals surface area contributed by atoms with Gasteiger partial charge < -0.3 is 9.47 Å². The van der Waals surface area contributed by atoms with Gasteiger partial charge in [0.2, 0.25) is 5.82 Å². The Morgan fingerprint density at radius 3 is 2.19 bits per heavy atom. The molecule has 2 heterocycles. The maximum absolute atomic E-state index is 4.98. The Labute approximate surface area is 119 Å². The van der Waals surface area contributed by atoms with Crippen molar-refractivity contribution in [3.63, 3.8) is 0 Å². The molecule has 3 rings (SSSR count). The fourth-order valence-electron chi connectivity index (χ4n) is 1.60. The summed E-state index contributed by atoms with van der Waals surface area (Å²) >= 11 is 0. The molecule has 0 saturated heterocycles. The lowest BCUT2D eigenvalue weighted by atomic mass is 10.2. The predicted octanol–water partition coefficient (Wildman–Crippen LogP) is 0.531. The summed E-state index contributed by atoms with van der Waals surface area (Å²) in [5, 5.41) is 12.1. The topological polar surface area (TPSA) is 101 Å². The summed E-state index contributed by atoms with van der Waals surface area (Å²) in [5.74, 6) is 0.627. The lowest BCUT2D eigenvalue weighted by molar-refractivity contribution is 0.337. The average molecular weight is 285 g/mol. The monoisotopic (exact) mass is 285 g/mol. The van der Waals surface area contributed by atoms with E-state index in [1.165, 1.54) is 19.0 Å². The van der Waals surface area contributed by atoms with Crippen molar-refractivity contribution in [2.24, 2.45) is 0 Å². The molecule has 0 atom stereocenters. The van der Waals surface area contributed by atoms with Gasteiger partial charge in [0, 0.05) is 5.56 Å². The molecule has 2 aromatic heterocycles. The van der Waals surface area contributed by atoms with E-state index in [1.54, 1.807) is 0 Å². The Hall–Kier alpha value is -3.10. The Bertz CT molecular complexity index is 722. The van der Waals surface area contributed by atoms with Crippen LogP contribution < -0.4 is 9.47 Å². The Kier molecular flexibility index (Phi) is 3.37. The maximum atomic E-state index is 4.98. The van der Waals surface area contributed by atoms with Crippen LogP contribution >= 0.6 is 0 Å². The number of hydrogen-bond donors (Lipinski definition) is 0. The fourth-order valence-corrected chi connectivity index (χ4v) is 1.60. The molecule has 0 fully saturated rings. The van der Waals surface area contributed by atoms with Crippen LogP contribution in [0.1, 0.15) is 0 Å². The second-order valence-electron chi connectivity index (χ2n) is 3.88. The molecule has 0 bridgehead atoms. The highest BCUT2D eigenvalue weighted by atomic mass is 16.5. The largest absolute Gasteiger partial charge is 0.467 e. The number of methoxy groups -OCH3 is 2. The van der Waals surface area contributed by atoms with E-state index in [1.807, 2.05) is 30.3 Å². The van der Waals surface area contributed by atoms with Gasteiger partial charge in [0.05, 0.1) is 14.2 Å². The van der Waals surface area contributed by atoms with Gasteiger partial charge in [0.15, 0.2) is 0 Å². The van der Waals surface area contributed by atoms with Gasteiger partial charge in [-0.05, 0) is 5.21 Å². The van der Waals surface area contributed by atoms with Gasteiger partial charge in [-0.25, -0.2) is 0 Å². The number of rotatable bonds is 4. The molecule has 106 valence electrons. The van der Waals surface area contributed by atoms with E-state index >= 15 is 0 Å². The molecule has 0 aliphatic heterocycles. The Morgan fingerprint density at radius 2 is 1.57 bits per heavy atom. The average Bonchev–Trinajstić information content (AvgIpc) is 3.05. The van der Waals surface area contributed by atoms with E-state index in [0.717, 1.165) is 5.56 Å². The summed E-state index contributed by atoms with van der Waals surface area (Å²) in [7, 11) is 2.89. The standard InChI is InChI=1S/C12H11N7O2/c1-20-11-13-10(14-12(15-11)21-2)19-17-9(16-18-19)8-6-4-3-5-7-8/h3-7H,1-2H3. The van der Waals surface area contributed by atoms with E-state index in [0.29, 0.717) is 5.82 Å². The number of ether oxygens (including phenoxy) is 2. The SMILES string of the molecule is COc1nc(OC)nc(-n2nnc(-c3ccccc3)n2)n1. The first-order chi connectivity index (χ1) is 10.3. The second-order valence-corrected chi connectivity index (χ2v) is 3.88. The molecule has 0 saturated carbocycles. The van der Waals surface area contributed by atoms with Crippen LogP contribution in [0.3, 0.4) is 0 Å². The minimum absolute atomic E-state index is 0.107. The van der Waals surface area contributed by atoms with Crippen LogP contribution in [0.4, 0.5) is 0 Å². The molecule has 0 radical (unpaired) electrons. The summed E-state index contributed by atoms with van der Waals surface area (Å²) in [6, 6.07) is 9.68. The van der Waals surface area contributed by atoms with Crippen LogP contribution in [0.25, 0.3) is 17.3 Å². The zero-order valence-corrected chi connectivity index (χ0v) is 11.3. The van der Waals surface area contributed by atoms with E-state index in [4.69, 9.17) is 9.47 Å². The molecule has 9 heteroatoms. The molecule has 0 aliphatic carbocycles. The van der Waals surface area contributed by atoms with Crippen LogP contribution in [0.2, 0.25) is 0 Å². The normalized spacial score (nSPS) is 10.4. The third-order valence-corrected chi connectivity index (χ3v) is 2.57. The first-order valence-electron chi connectivity index (χ1n) is 6.00. The van der Waals surface area contributed by atoms with Crippen molar-refractivity contribution >= 4 is 0 Å². The van der Waals surface area contributed by atoms with Crippen molar-refractivity contribution in [3.8, 4) is 29.4 Å². The van der Waals surface area contributed by atoms with E-state index < -0.39 is 0 Å². The minimum Gasteiger partial charge on any atom is -0.467 e. The first kappa shape index (κ1) is 12.9. The van der Waals surface area contributed by atoms with E-state index in [9.17, 15) is 0 Å². The number of benzene rings is 1. The Morgan fingerprint density at radius 1 is 0.905 bits per heavy atom. The number of aromatic nitrogens is 7. The third kappa shape index (κ3) is 2.61. The molecular weight excluding hydrogens is 274 g/mol. The predicted molar refractivity (Wildman–Crippen MR) is 71.1 cm³/mol. The molecule has 9 nitrogen and oxygen atoms in total. The zero-order chi connectivity index (χ0) is 14.7. The lowest BCUT2D eigenvalue weighted by Crippen LogP contribution is -2.09. The van der Waals surface area contributed by atoms with Gasteiger partial charge in [-0.2, -0.15) is 9.97 Å². The summed E-state index contributed by atoms with van der Waals surface area (Å²) in [6.07, 6.45) is 0. The molecular formula is C12H11N7O2. The van der Waals surface area contributed by atoms with Crippen molar-refractivity contribution in [1.82, 2.24) is 35.2 Å². The van der Waals surface area contributed by atoms with Gasteiger partial charge in [-0.1, -0.05) is 35.1 Å². The van der Waals surface area contributed by atoms with E-state index in [2.05, 4.69) is 30.4 Å². The third-order valence-electron chi connectivity index (χ3n) is 2.57. The van der Waals surface area contributed by atoms with Crippen molar-refractivity contribution < 1.29 is 9.47 Å². The fraction of sp³-hybridized carbons (Fsp3) is 0.167. The minimum atomic E-state index is 0.107. The van der Waals surface area contributed by atoms with Crippen LogP contribution in [0.5, 0.6) is 12.0 Å². The van der Waals surface area contributed by atoms with Crippen LogP contribution in [0, 0.1) is 0 Å². The highest BCUT2D eigenvalue weighted by Crippen LogP contribution is 2.14. The molecule has 0 spiro atoms. The van der Waals surface area contributed by atoms with Gasteiger partial charge >= 0.3 is 12.0 Å². The molecule has 0 amide bonds. The quantitative estimate of drug-likeness (QED) is 0.684. The van der Waals surface area contributed by atoms with Gasteiger partial charge in [-0.15, -0.1) is 15.2 Å². The van der Waals surface area contributed by atoms with Crippen molar-refractivity contribution in [2.45, 2.75) is 0 Å². The molecule has 0 unspecified atom stereocenters. The molecule has 0 aliphatic rings. The molecule has 1 aromatic carbocycles. The van der Waals surface area contributed by atoms with Crippen molar-refractivity contribution in [2.75, 3.05) is 14.2 Å². The van der Waals surface area contributed by atoms with Crippen LogP contribution in [0.15, 0.2) is 30.3 Å². The van der Waals surface area contributed by atoms with Crippen LogP contribution in [-0.2, 0) is 0 Å². The van der Waals surface area contributed by atoms with Gasteiger partial charge in [0.25, 0.3) is 5.95 Å². The molecule has 21 heavy (non-hydrogen) atoms. The number of nitrogens with zero attached hydrogens (tertiary/aromatic N) is 7.